The Morgan fingerprint density at radius 1 is 1.26 bits per heavy atom. The van der Waals surface area contributed by atoms with Crippen LogP contribution in [0.25, 0.3) is 0 Å². The van der Waals surface area contributed by atoms with E-state index in [4.69, 9.17) is 0 Å². The van der Waals surface area contributed by atoms with Crippen LogP contribution in [0.1, 0.15) is 46.0 Å². The third-order valence-electron chi connectivity index (χ3n) is 4.05. The third-order valence-corrected chi connectivity index (χ3v) is 4.05. The highest BCUT2D eigenvalue weighted by molar-refractivity contribution is 5.87. The maximum absolute atomic E-state index is 12.0. The molecule has 108 valence electrons. The van der Waals surface area contributed by atoms with Gasteiger partial charge < -0.3 is 16.0 Å². The minimum Gasteiger partial charge on any atom is -0.352 e. The molecule has 0 spiro atoms. The minimum absolute atomic E-state index is 0.0340. The summed E-state index contributed by atoms with van der Waals surface area (Å²) < 4.78 is 0. The Kier molecular flexibility index (Phi) is 4.80. The van der Waals surface area contributed by atoms with Crippen molar-refractivity contribution in [3.63, 3.8) is 0 Å². The Morgan fingerprint density at radius 3 is 2.68 bits per heavy atom. The molecule has 3 atom stereocenters. The molecule has 19 heavy (non-hydrogen) atoms. The first-order valence-electron chi connectivity index (χ1n) is 7.39. The van der Waals surface area contributed by atoms with E-state index in [1.54, 1.807) is 0 Å². The molecule has 0 radical (unpaired) electrons. The van der Waals surface area contributed by atoms with Gasteiger partial charge in [-0.2, -0.15) is 0 Å². The third kappa shape index (κ3) is 3.93. The van der Waals surface area contributed by atoms with E-state index in [1.807, 2.05) is 13.8 Å². The second-order valence-electron chi connectivity index (χ2n) is 6.05. The molecule has 3 N–H and O–H groups in total. The Labute approximate surface area is 114 Å². The molecule has 0 bridgehead atoms. The maximum atomic E-state index is 12.0. The first-order chi connectivity index (χ1) is 9.06. The molecule has 1 aliphatic heterocycles. The van der Waals surface area contributed by atoms with E-state index in [1.165, 1.54) is 25.7 Å². The Balaban J connectivity index is 1.73. The highest BCUT2D eigenvalue weighted by atomic mass is 16.2. The van der Waals surface area contributed by atoms with Crippen molar-refractivity contribution in [2.75, 3.05) is 6.54 Å². The monoisotopic (exact) mass is 267 g/mol. The van der Waals surface area contributed by atoms with E-state index >= 15 is 0 Å². The molecule has 1 saturated heterocycles. The maximum Gasteiger partial charge on any atom is 0.239 e. The fourth-order valence-electron chi connectivity index (χ4n) is 3.18. The quantitative estimate of drug-likeness (QED) is 0.696. The van der Waals surface area contributed by atoms with E-state index < -0.39 is 0 Å². The lowest BCUT2D eigenvalue weighted by Gasteiger charge is -2.24. The number of fused-ring (bicyclic) bond motifs is 1. The molecule has 0 aromatic rings. The molecule has 1 heterocycles. The van der Waals surface area contributed by atoms with Crippen molar-refractivity contribution >= 4 is 11.8 Å². The summed E-state index contributed by atoms with van der Waals surface area (Å²) in [5, 5.41) is 8.90. The van der Waals surface area contributed by atoms with Crippen LogP contribution >= 0.6 is 0 Å². The second kappa shape index (κ2) is 6.37. The highest BCUT2D eigenvalue weighted by Gasteiger charge is 2.38. The van der Waals surface area contributed by atoms with Gasteiger partial charge in [0.2, 0.25) is 11.8 Å². The molecule has 0 aromatic heterocycles. The Hall–Kier alpha value is -1.10. The zero-order valence-corrected chi connectivity index (χ0v) is 11.9. The zero-order valence-electron chi connectivity index (χ0n) is 11.9. The van der Waals surface area contributed by atoms with Gasteiger partial charge in [-0.15, -0.1) is 0 Å². The van der Waals surface area contributed by atoms with Gasteiger partial charge in [0, 0.05) is 12.1 Å². The molecular weight excluding hydrogens is 242 g/mol. The van der Waals surface area contributed by atoms with E-state index in [0.29, 0.717) is 12.0 Å². The highest BCUT2D eigenvalue weighted by Crippen LogP contribution is 2.33. The fourth-order valence-corrected chi connectivity index (χ4v) is 3.18. The lowest BCUT2D eigenvalue weighted by atomic mass is 9.85. The van der Waals surface area contributed by atoms with Crippen LogP contribution in [0.15, 0.2) is 0 Å². The van der Waals surface area contributed by atoms with Crippen LogP contribution in [0.3, 0.4) is 0 Å². The summed E-state index contributed by atoms with van der Waals surface area (Å²) in [7, 11) is 0. The smallest absolute Gasteiger partial charge is 0.239 e. The largest absolute Gasteiger partial charge is 0.352 e. The van der Waals surface area contributed by atoms with Gasteiger partial charge in [0.15, 0.2) is 0 Å². The number of carbonyl (C=O) groups excluding carboxylic acids is 2. The molecule has 1 saturated carbocycles. The van der Waals surface area contributed by atoms with Gasteiger partial charge in [-0.05, 0) is 39.0 Å². The first-order valence-corrected chi connectivity index (χ1v) is 7.39. The lowest BCUT2D eigenvalue weighted by molar-refractivity contribution is -0.127. The van der Waals surface area contributed by atoms with Crippen LogP contribution < -0.4 is 16.0 Å². The number of hydrogen-bond acceptors (Lipinski definition) is 3. The molecule has 2 amide bonds. The molecule has 3 unspecified atom stereocenters. The van der Waals surface area contributed by atoms with E-state index in [0.717, 1.165) is 6.42 Å². The van der Waals surface area contributed by atoms with Crippen LogP contribution in [-0.2, 0) is 9.59 Å². The van der Waals surface area contributed by atoms with E-state index in [9.17, 15) is 9.59 Å². The Bertz CT molecular complexity index is 330. The zero-order chi connectivity index (χ0) is 13.8. The molecule has 5 nitrogen and oxygen atoms in total. The van der Waals surface area contributed by atoms with Crippen LogP contribution in [0.5, 0.6) is 0 Å². The molecule has 2 aliphatic rings. The fraction of sp³-hybridized carbons (Fsp3) is 0.857. The SMILES string of the molecule is CC(C)NC(=O)CNC(=O)C1CC2CCCCC2N1. The number of rotatable bonds is 4. The van der Waals surface area contributed by atoms with Crippen LogP contribution in [0.4, 0.5) is 0 Å². The Morgan fingerprint density at radius 2 is 2.00 bits per heavy atom. The standard InChI is InChI=1S/C14H25N3O2/c1-9(2)16-13(18)8-15-14(19)12-7-10-5-3-4-6-11(10)17-12/h9-12,17H,3-8H2,1-2H3,(H,15,19)(H,16,18). The first kappa shape index (κ1) is 14.3. The number of hydrogen-bond donors (Lipinski definition) is 3. The van der Waals surface area contributed by atoms with Gasteiger partial charge >= 0.3 is 0 Å². The summed E-state index contributed by atoms with van der Waals surface area (Å²) in [5.74, 6) is 0.487. The lowest BCUT2D eigenvalue weighted by Crippen LogP contribution is -2.47. The summed E-state index contributed by atoms with van der Waals surface area (Å²) in [6.07, 6.45) is 5.88. The summed E-state index contributed by atoms with van der Waals surface area (Å²) in [4.78, 5) is 23.5. The van der Waals surface area contributed by atoms with Crippen molar-refractivity contribution in [1.82, 2.24) is 16.0 Å². The van der Waals surface area contributed by atoms with Gasteiger partial charge in [0.05, 0.1) is 12.6 Å². The molecule has 2 rings (SSSR count). The minimum atomic E-state index is -0.126. The van der Waals surface area contributed by atoms with Crippen molar-refractivity contribution in [3.05, 3.63) is 0 Å². The van der Waals surface area contributed by atoms with Gasteiger partial charge in [0.1, 0.15) is 0 Å². The van der Waals surface area contributed by atoms with Gasteiger partial charge in [-0.3, -0.25) is 9.59 Å². The van der Waals surface area contributed by atoms with E-state index in [-0.39, 0.29) is 30.4 Å². The van der Waals surface area contributed by atoms with Gasteiger partial charge in [0.25, 0.3) is 0 Å². The second-order valence-corrected chi connectivity index (χ2v) is 6.05. The van der Waals surface area contributed by atoms with Crippen molar-refractivity contribution in [2.24, 2.45) is 5.92 Å². The molecule has 1 aliphatic carbocycles. The normalized spacial score (nSPS) is 29.9. The van der Waals surface area contributed by atoms with Crippen molar-refractivity contribution in [2.45, 2.75) is 64.1 Å². The topological polar surface area (TPSA) is 70.2 Å². The number of amides is 2. The summed E-state index contributed by atoms with van der Waals surface area (Å²) in [6.45, 7) is 3.89. The van der Waals surface area contributed by atoms with Crippen LogP contribution in [-0.4, -0.2) is 36.5 Å². The van der Waals surface area contributed by atoms with Crippen molar-refractivity contribution < 1.29 is 9.59 Å². The van der Waals surface area contributed by atoms with Crippen LogP contribution in [0.2, 0.25) is 0 Å². The van der Waals surface area contributed by atoms with Crippen molar-refractivity contribution in [3.8, 4) is 0 Å². The van der Waals surface area contributed by atoms with Gasteiger partial charge in [-0.25, -0.2) is 0 Å². The van der Waals surface area contributed by atoms with Gasteiger partial charge in [-0.1, -0.05) is 12.8 Å². The summed E-state index contributed by atoms with van der Waals surface area (Å²) >= 11 is 0. The summed E-state index contributed by atoms with van der Waals surface area (Å²) in [5.41, 5.74) is 0. The van der Waals surface area contributed by atoms with Crippen LogP contribution in [0, 0.1) is 5.92 Å². The summed E-state index contributed by atoms with van der Waals surface area (Å²) in [6, 6.07) is 0.505. The number of carbonyl (C=O) groups is 2. The molecule has 5 heteroatoms. The predicted molar refractivity (Wildman–Crippen MR) is 73.6 cm³/mol. The predicted octanol–water partition coefficient (Wildman–Crippen LogP) is 0.548. The average Bonchev–Trinajstić information content (AvgIpc) is 2.78. The molecule has 0 aromatic carbocycles. The molecular formula is C14H25N3O2. The molecule has 2 fully saturated rings. The average molecular weight is 267 g/mol. The van der Waals surface area contributed by atoms with E-state index in [2.05, 4.69) is 16.0 Å². The number of nitrogens with one attached hydrogen (secondary N) is 3. The van der Waals surface area contributed by atoms with Crippen molar-refractivity contribution in [1.29, 1.82) is 0 Å².